The molecule has 1 atom stereocenters. The first-order chi connectivity index (χ1) is 12.1. The summed E-state index contributed by atoms with van der Waals surface area (Å²) in [5.41, 5.74) is 1.01. The van der Waals surface area contributed by atoms with E-state index >= 15 is 0 Å². The van der Waals surface area contributed by atoms with Crippen LogP contribution in [-0.2, 0) is 4.79 Å². The molecule has 2 aromatic rings. The number of aliphatic hydroxyl groups is 2. The highest BCUT2D eigenvalue weighted by molar-refractivity contribution is 6.04. The second-order valence-electron chi connectivity index (χ2n) is 5.99. The SMILES string of the molecule is O=C1NC(=O)N2CCN(c3ncnc4c3ncn4C(CO)CO)CC12. The summed E-state index contributed by atoms with van der Waals surface area (Å²) in [6.07, 6.45) is 2.88. The van der Waals surface area contributed by atoms with Gasteiger partial charge in [0.15, 0.2) is 17.0 Å². The minimum Gasteiger partial charge on any atom is -0.394 e. The lowest BCUT2D eigenvalue weighted by atomic mass is 10.2. The van der Waals surface area contributed by atoms with Gasteiger partial charge in [-0.3, -0.25) is 10.1 Å². The fourth-order valence-corrected chi connectivity index (χ4v) is 3.28. The average molecular weight is 347 g/mol. The number of carbonyl (C=O) groups excluding carboxylic acids is 2. The van der Waals surface area contributed by atoms with Crippen molar-refractivity contribution >= 4 is 28.9 Å². The maximum absolute atomic E-state index is 11.9. The number of nitrogens with one attached hydrogen (secondary N) is 1. The van der Waals surface area contributed by atoms with Crippen LogP contribution >= 0.6 is 0 Å². The van der Waals surface area contributed by atoms with E-state index in [1.54, 1.807) is 4.57 Å². The molecule has 1 unspecified atom stereocenters. The molecule has 2 aromatic heterocycles. The van der Waals surface area contributed by atoms with Gasteiger partial charge in [-0.05, 0) is 0 Å². The number of carbonyl (C=O) groups is 2. The summed E-state index contributed by atoms with van der Waals surface area (Å²) in [6.45, 7) is 0.749. The van der Waals surface area contributed by atoms with Gasteiger partial charge in [0.2, 0.25) is 0 Å². The number of imide groups is 1. The minimum absolute atomic E-state index is 0.246. The third-order valence-electron chi connectivity index (χ3n) is 4.63. The van der Waals surface area contributed by atoms with E-state index in [1.165, 1.54) is 17.6 Å². The maximum Gasteiger partial charge on any atom is 0.324 e. The maximum atomic E-state index is 11.9. The number of hydrogen-bond donors (Lipinski definition) is 3. The largest absolute Gasteiger partial charge is 0.394 e. The van der Waals surface area contributed by atoms with Crippen molar-refractivity contribution in [2.75, 3.05) is 37.7 Å². The molecule has 3 N–H and O–H groups in total. The van der Waals surface area contributed by atoms with Gasteiger partial charge in [-0.25, -0.2) is 19.7 Å². The molecule has 0 bridgehead atoms. The molecule has 25 heavy (non-hydrogen) atoms. The summed E-state index contributed by atoms with van der Waals surface area (Å²) >= 11 is 0. The molecular formula is C14H17N7O4. The molecule has 11 heteroatoms. The fourth-order valence-electron chi connectivity index (χ4n) is 3.28. The van der Waals surface area contributed by atoms with Crippen molar-refractivity contribution in [3.8, 4) is 0 Å². The Morgan fingerprint density at radius 3 is 2.76 bits per heavy atom. The zero-order chi connectivity index (χ0) is 17.6. The molecule has 0 radical (unpaired) electrons. The van der Waals surface area contributed by atoms with Crippen molar-refractivity contribution in [2.45, 2.75) is 12.1 Å². The van der Waals surface area contributed by atoms with Crippen LogP contribution in [0.15, 0.2) is 12.7 Å². The molecule has 3 amide bonds. The Morgan fingerprint density at radius 1 is 1.20 bits per heavy atom. The summed E-state index contributed by atoms with van der Waals surface area (Å²) in [5, 5.41) is 21.1. The predicted octanol–water partition coefficient (Wildman–Crippen LogP) is -1.91. The monoisotopic (exact) mass is 347 g/mol. The van der Waals surface area contributed by atoms with Crippen LogP contribution in [0.3, 0.4) is 0 Å². The molecule has 11 nitrogen and oxygen atoms in total. The summed E-state index contributed by atoms with van der Waals surface area (Å²) in [6, 6.07) is -1.45. The first-order valence-corrected chi connectivity index (χ1v) is 7.89. The van der Waals surface area contributed by atoms with E-state index < -0.39 is 12.1 Å². The van der Waals surface area contributed by atoms with Gasteiger partial charge < -0.3 is 24.6 Å². The summed E-state index contributed by atoms with van der Waals surface area (Å²) < 4.78 is 1.60. The molecular weight excluding hydrogens is 330 g/mol. The van der Waals surface area contributed by atoms with E-state index in [0.29, 0.717) is 36.6 Å². The Bertz CT molecular complexity index is 834. The number of piperazine rings is 1. The van der Waals surface area contributed by atoms with Gasteiger partial charge in [0.25, 0.3) is 5.91 Å². The first kappa shape index (κ1) is 15.7. The summed E-state index contributed by atoms with van der Waals surface area (Å²) in [7, 11) is 0. The highest BCUT2D eigenvalue weighted by Crippen LogP contribution is 2.26. The van der Waals surface area contributed by atoms with E-state index in [0.717, 1.165) is 0 Å². The van der Waals surface area contributed by atoms with Crippen LogP contribution in [0.5, 0.6) is 0 Å². The van der Waals surface area contributed by atoms with Gasteiger partial charge in [0.1, 0.15) is 12.4 Å². The number of rotatable bonds is 4. The molecule has 132 valence electrons. The van der Waals surface area contributed by atoms with Crippen LogP contribution in [0, 0.1) is 0 Å². The topological polar surface area (TPSA) is 137 Å². The fraction of sp³-hybridized carbons (Fsp3) is 0.500. The number of imidazole rings is 1. The minimum atomic E-state index is -0.545. The van der Waals surface area contributed by atoms with Crippen LogP contribution < -0.4 is 10.2 Å². The highest BCUT2D eigenvalue weighted by Gasteiger charge is 2.42. The molecule has 0 spiro atoms. The van der Waals surface area contributed by atoms with Gasteiger partial charge in [-0.2, -0.15) is 0 Å². The van der Waals surface area contributed by atoms with Gasteiger partial charge >= 0.3 is 6.03 Å². The quantitative estimate of drug-likeness (QED) is 0.545. The lowest BCUT2D eigenvalue weighted by molar-refractivity contribution is -0.121. The standard InChI is InChI=1S/C14H17N7O4/c22-4-8(5-23)21-7-17-10-11(15-6-16-12(10)21)19-1-2-20-9(3-19)13(24)18-14(20)25/h6-9,22-23H,1-5H2,(H,18,24,25). The summed E-state index contributed by atoms with van der Waals surface area (Å²) in [5.74, 6) is 0.247. The van der Waals surface area contributed by atoms with Crippen LogP contribution in [0.4, 0.5) is 10.6 Å². The smallest absolute Gasteiger partial charge is 0.324 e. The van der Waals surface area contributed by atoms with Crippen molar-refractivity contribution in [2.24, 2.45) is 0 Å². The third kappa shape index (κ3) is 2.39. The van der Waals surface area contributed by atoms with E-state index in [9.17, 15) is 19.8 Å². The van der Waals surface area contributed by atoms with E-state index in [-0.39, 0.29) is 25.2 Å². The number of aliphatic hydroxyl groups excluding tert-OH is 2. The molecule has 4 rings (SSSR count). The highest BCUT2D eigenvalue weighted by atomic mass is 16.3. The zero-order valence-electron chi connectivity index (χ0n) is 13.2. The van der Waals surface area contributed by atoms with Crippen molar-refractivity contribution in [3.63, 3.8) is 0 Å². The van der Waals surface area contributed by atoms with Crippen molar-refractivity contribution < 1.29 is 19.8 Å². The third-order valence-corrected chi connectivity index (χ3v) is 4.63. The lowest BCUT2D eigenvalue weighted by Crippen LogP contribution is -2.53. The molecule has 0 aliphatic carbocycles. The normalized spacial score (nSPS) is 20.5. The van der Waals surface area contributed by atoms with Crippen molar-refractivity contribution in [1.29, 1.82) is 0 Å². The van der Waals surface area contributed by atoms with Gasteiger partial charge in [0, 0.05) is 19.6 Å². The average Bonchev–Trinajstić information content (AvgIpc) is 3.18. The van der Waals surface area contributed by atoms with Gasteiger partial charge in [-0.1, -0.05) is 0 Å². The predicted molar refractivity (Wildman–Crippen MR) is 84.8 cm³/mol. The molecule has 2 aliphatic heterocycles. The van der Waals surface area contributed by atoms with Gasteiger partial charge in [0.05, 0.1) is 25.6 Å². The number of anilines is 1. The molecule has 0 aromatic carbocycles. The second-order valence-corrected chi connectivity index (χ2v) is 5.99. The zero-order valence-corrected chi connectivity index (χ0v) is 13.2. The summed E-state index contributed by atoms with van der Waals surface area (Å²) in [4.78, 5) is 39.9. The molecule has 2 fully saturated rings. The van der Waals surface area contributed by atoms with Crippen LogP contribution in [0.25, 0.3) is 11.2 Å². The number of aromatic nitrogens is 4. The number of nitrogens with zero attached hydrogens (tertiary/aromatic N) is 6. The number of amides is 3. The Morgan fingerprint density at radius 2 is 2.00 bits per heavy atom. The number of hydrogen-bond acceptors (Lipinski definition) is 8. The molecule has 0 saturated carbocycles. The number of fused-ring (bicyclic) bond motifs is 2. The molecule has 2 saturated heterocycles. The van der Waals surface area contributed by atoms with E-state index in [4.69, 9.17) is 0 Å². The van der Waals surface area contributed by atoms with Crippen molar-refractivity contribution in [1.82, 2.24) is 29.7 Å². The first-order valence-electron chi connectivity index (χ1n) is 7.89. The lowest BCUT2D eigenvalue weighted by Gasteiger charge is -2.35. The molecule has 2 aliphatic rings. The second kappa shape index (κ2) is 5.93. The van der Waals surface area contributed by atoms with Crippen LogP contribution in [0.2, 0.25) is 0 Å². The number of urea groups is 1. The van der Waals surface area contributed by atoms with Crippen molar-refractivity contribution in [3.05, 3.63) is 12.7 Å². The van der Waals surface area contributed by atoms with Crippen LogP contribution in [0.1, 0.15) is 6.04 Å². The Balaban J connectivity index is 1.68. The van der Waals surface area contributed by atoms with E-state index in [2.05, 4.69) is 20.3 Å². The Hall–Kier alpha value is -2.79. The Kier molecular flexibility index (Phi) is 3.73. The van der Waals surface area contributed by atoms with Gasteiger partial charge in [-0.15, -0.1) is 0 Å². The molecule has 4 heterocycles. The Labute approximate surface area is 141 Å². The van der Waals surface area contributed by atoms with E-state index in [1.807, 2.05) is 4.90 Å². The van der Waals surface area contributed by atoms with Crippen LogP contribution in [-0.4, -0.2) is 85.5 Å².